The maximum Gasteiger partial charge on any atom is 0.290 e. The Kier molecular flexibility index (Phi) is 4.33. The fourth-order valence-corrected chi connectivity index (χ4v) is 4.02. The zero-order chi connectivity index (χ0) is 15.6. The van der Waals surface area contributed by atoms with Crippen LogP contribution in [0.1, 0.15) is 29.8 Å². The highest BCUT2D eigenvalue weighted by atomic mass is 16.5. The van der Waals surface area contributed by atoms with Crippen molar-refractivity contribution in [1.82, 2.24) is 15.4 Å². The monoisotopic (exact) mass is 321 g/mol. The molecular formula is C16H23N3O4. The molecule has 7 nitrogen and oxygen atoms in total. The van der Waals surface area contributed by atoms with E-state index in [1.807, 2.05) is 0 Å². The summed E-state index contributed by atoms with van der Waals surface area (Å²) in [6, 6.07) is 1.97. The van der Waals surface area contributed by atoms with Crippen LogP contribution in [-0.4, -0.2) is 67.1 Å². The van der Waals surface area contributed by atoms with Crippen LogP contribution in [-0.2, 0) is 9.47 Å². The van der Waals surface area contributed by atoms with E-state index in [1.54, 1.807) is 6.07 Å². The highest BCUT2D eigenvalue weighted by Gasteiger charge is 2.45. The summed E-state index contributed by atoms with van der Waals surface area (Å²) >= 11 is 0. The van der Waals surface area contributed by atoms with Gasteiger partial charge in [0.25, 0.3) is 5.91 Å². The summed E-state index contributed by atoms with van der Waals surface area (Å²) in [4.78, 5) is 14.7. The summed E-state index contributed by atoms with van der Waals surface area (Å²) in [7, 11) is 0. The molecule has 1 amide bonds. The second-order valence-electron chi connectivity index (χ2n) is 6.69. The third-order valence-electron chi connectivity index (χ3n) is 5.13. The molecule has 4 atom stereocenters. The summed E-state index contributed by atoms with van der Waals surface area (Å²) in [5.74, 6) is 0.632. The molecule has 3 aliphatic heterocycles. The van der Waals surface area contributed by atoms with Crippen LogP contribution in [0.2, 0.25) is 0 Å². The molecule has 23 heavy (non-hydrogen) atoms. The highest BCUT2D eigenvalue weighted by molar-refractivity contribution is 5.91. The number of hydrogen-bond acceptors (Lipinski definition) is 6. The molecule has 0 aliphatic carbocycles. The summed E-state index contributed by atoms with van der Waals surface area (Å²) in [6.07, 6.45) is 4.90. The average Bonchev–Trinajstić information content (AvgIpc) is 3.30. The molecule has 3 saturated heterocycles. The number of carbonyl (C=O) groups is 1. The summed E-state index contributed by atoms with van der Waals surface area (Å²) in [5, 5.41) is 6.66. The van der Waals surface area contributed by atoms with Gasteiger partial charge in [-0.05, 0) is 25.2 Å². The lowest BCUT2D eigenvalue weighted by molar-refractivity contribution is -0.0221. The molecule has 0 saturated carbocycles. The smallest absolute Gasteiger partial charge is 0.290 e. The first kappa shape index (κ1) is 15.1. The molecule has 4 heterocycles. The number of rotatable bonds is 4. The van der Waals surface area contributed by atoms with Crippen molar-refractivity contribution in [1.29, 1.82) is 0 Å². The fourth-order valence-electron chi connectivity index (χ4n) is 4.02. The molecule has 3 aliphatic rings. The van der Waals surface area contributed by atoms with E-state index in [2.05, 4.69) is 15.4 Å². The van der Waals surface area contributed by atoms with Gasteiger partial charge in [0.05, 0.1) is 24.9 Å². The first-order chi connectivity index (χ1) is 11.3. The second kappa shape index (κ2) is 6.59. The van der Waals surface area contributed by atoms with Crippen molar-refractivity contribution >= 4 is 5.91 Å². The molecule has 0 aromatic carbocycles. The van der Waals surface area contributed by atoms with Crippen LogP contribution in [0, 0.1) is 5.92 Å². The summed E-state index contributed by atoms with van der Waals surface area (Å²) < 4.78 is 16.4. The van der Waals surface area contributed by atoms with E-state index in [0.29, 0.717) is 12.0 Å². The van der Waals surface area contributed by atoms with E-state index in [4.69, 9.17) is 14.0 Å². The number of amides is 1. The van der Waals surface area contributed by atoms with Crippen molar-refractivity contribution in [2.75, 3.05) is 32.9 Å². The van der Waals surface area contributed by atoms with Crippen LogP contribution >= 0.6 is 0 Å². The Morgan fingerprint density at radius 1 is 1.39 bits per heavy atom. The molecule has 126 valence electrons. The van der Waals surface area contributed by atoms with E-state index < -0.39 is 0 Å². The first-order valence-corrected chi connectivity index (χ1v) is 8.46. The van der Waals surface area contributed by atoms with E-state index in [1.165, 1.54) is 6.20 Å². The van der Waals surface area contributed by atoms with E-state index in [-0.39, 0.29) is 23.8 Å². The van der Waals surface area contributed by atoms with E-state index in [9.17, 15) is 4.79 Å². The minimum absolute atomic E-state index is 0.000205. The number of nitrogens with one attached hydrogen (secondary N) is 1. The van der Waals surface area contributed by atoms with Gasteiger partial charge >= 0.3 is 0 Å². The maximum atomic E-state index is 12.2. The van der Waals surface area contributed by atoms with Crippen LogP contribution < -0.4 is 5.32 Å². The van der Waals surface area contributed by atoms with Gasteiger partial charge in [0.1, 0.15) is 0 Å². The number of likely N-dealkylation sites (tertiary alicyclic amines) is 1. The highest BCUT2D eigenvalue weighted by Crippen LogP contribution is 2.30. The standard InChI is InChI=1S/C16H23N3O4/c20-16(14-3-5-17-23-14)18-12-9-19(8-11-4-7-21-10-11)13-2-1-6-22-15(12)13/h3,5,11-13,15H,1-2,4,6-10H2,(H,18,20)/t11-,12-,13-,15-/m1/s1. The number of nitrogens with zero attached hydrogens (tertiary/aromatic N) is 2. The number of carbonyl (C=O) groups excluding carboxylic acids is 1. The van der Waals surface area contributed by atoms with E-state index >= 15 is 0 Å². The molecule has 7 heteroatoms. The van der Waals surface area contributed by atoms with Gasteiger partial charge in [-0.2, -0.15) is 0 Å². The van der Waals surface area contributed by atoms with E-state index in [0.717, 1.165) is 52.2 Å². The quantitative estimate of drug-likeness (QED) is 0.878. The first-order valence-electron chi connectivity index (χ1n) is 8.46. The number of fused-ring (bicyclic) bond motifs is 1. The topological polar surface area (TPSA) is 76.8 Å². The lowest BCUT2D eigenvalue weighted by Crippen LogP contribution is -2.47. The fraction of sp³-hybridized carbons (Fsp3) is 0.750. The molecule has 0 bridgehead atoms. The SMILES string of the molecule is O=C(N[C@@H]1CN(C[C@H]2CCOC2)[C@@H]2CCCO[C@@H]21)c1ccno1. The number of hydrogen-bond donors (Lipinski definition) is 1. The predicted octanol–water partition coefficient (Wildman–Crippen LogP) is 0.673. The lowest BCUT2D eigenvalue weighted by atomic mass is 10.00. The predicted molar refractivity (Wildman–Crippen MR) is 81.0 cm³/mol. The molecule has 3 fully saturated rings. The molecule has 0 spiro atoms. The number of aromatic nitrogens is 1. The summed E-state index contributed by atoms with van der Waals surface area (Å²) in [6.45, 7) is 4.35. The van der Waals surface area contributed by atoms with Crippen LogP contribution in [0.5, 0.6) is 0 Å². The lowest BCUT2D eigenvalue weighted by Gasteiger charge is -2.33. The van der Waals surface area contributed by atoms with Crippen molar-refractivity contribution < 1.29 is 18.8 Å². The van der Waals surface area contributed by atoms with Crippen LogP contribution in [0.4, 0.5) is 0 Å². The van der Waals surface area contributed by atoms with Gasteiger partial charge in [-0.1, -0.05) is 5.16 Å². The zero-order valence-corrected chi connectivity index (χ0v) is 13.1. The van der Waals surface area contributed by atoms with Crippen LogP contribution in [0.3, 0.4) is 0 Å². The van der Waals surface area contributed by atoms with Gasteiger partial charge in [0.2, 0.25) is 5.76 Å². The Balaban J connectivity index is 1.43. The van der Waals surface area contributed by atoms with Gasteiger partial charge in [-0.25, -0.2) is 0 Å². The third kappa shape index (κ3) is 3.13. The Morgan fingerprint density at radius 3 is 3.13 bits per heavy atom. The Labute approximate surface area is 135 Å². The van der Waals surface area contributed by atoms with Crippen LogP contribution in [0.15, 0.2) is 16.8 Å². The molecule has 1 aromatic rings. The van der Waals surface area contributed by atoms with Crippen molar-refractivity contribution in [3.8, 4) is 0 Å². The second-order valence-corrected chi connectivity index (χ2v) is 6.69. The zero-order valence-electron chi connectivity index (χ0n) is 13.1. The minimum Gasteiger partial charge on any atom is -0.381 e. The van der Waals surface area contributed by atoms with Gasteiger partial charge < -0.3 is 19.3 Å². The van der Waals surface area contributed by atoms with Crippen molar-refractivity contribution in [3.63, 3.8) is 0 Å². The molecule has 1 aromatic heterocycles. The van der Waals surface area contributed by atoms with Crippen molar-refractivity contribution in [2.45, 2.75) is 37.5 Å². The van der Waals surface area contributed by atoms with Gasteiger partial charge in [0, 0.05) is 38.4 Å². The molecule has 1 N–H and O–H groups in total. The average molecular weight is 321 g/mol. The largest absolute Gasteiger partial charge is 0.381 e. The normalized spacial score (nSPS) is 34.4. The maximum absolute atomic E-state index is 12.2. The Bertz CT molecular complexity index is 529. The number of ether oxygens (including phenoxy) is 2. The Hall–Kier alpha value is -1.44. The van der Waals surface area contributed by atoms with Gasteiger partial charge in [0.15, 0.2) is 0 Å². The molecule has 0 unspecified atom stereocenters. The molecule has 0 radical (unpaired) electrons. The van der Waals surface area contributed by atoms with Gasteiger partial charge in [-0.15, -0.1) is 0 Å². The van der Waals surface area contributed by atoms with Crippen molar-refractivity contribution in [2.24, 2.45) is 5.92 Å². The molecular weight excluding hydrogens is 298 g/mol. The van der Waals surface area contributed by atoms with Crippen LogP contribution in [0.25, 0.3) is 0 Å². The summed E-state index contributed by atoms with van der Waals surface area (Å²) in [5.41, 5.74) is 0. The minimum atomic E-state index is -0.216. The van der Waals surface area contributed by atoms with Gasteiger partial charge in [-0.3, -0.25) is 9.69 Å². The molecule has 4 rings (SSSR count). The third-order valence-corrected chi connectivity index (χ3v) is 5.13. The Morgan fingerprint density at radius 2 is 2.35 bits per heavy atom. The van der Waals surface area contributed by atoms with Crippen molar-refractivity contribution in [3.05, 3.63) is 18.0 Å².